The molecular formula is C17H17N5O2S. The molecule has 7 nitrogen and oxygen atoms in total. The fraction of sp³-hybridized carbons (Fsp3) is 0.294. The van der Waals surface area contributed by atoms with Gasteiger partial charge in [-0.25, -0.2) is 14.5 Å². The monoisotopic (exact) mass is 355 g/mol. The molecule has 1 saturated heterocycles. The average molecular weight is 355 g/mol. The Kier molecular flexibility index (Phi) is 4.43. The molecule has 0 N–H and O–H groups in total. The number of nitrogens with zero attached hydrogens (tertiary/aromatic N) is 5. The summed E-state index contributed by atoms with van der Waals surface area (Å²) in [5.74, 6) is 0. The molecule has 25 heavy (non-hydrogen) atoms. The van der Waals surface area contributed by atoms with Gasteiger partial charge in [-0.2, -0.15) is 0 Å². The molecule has 1 aliphatic heterocycles. The van der Waals surface area contributed by atoms with E-state index in [-0.39, 0.29) is 12.1 Å². The Labute approximate surface area is 148 Å². The predicted molar refractivity (Wildman–Crippen MR) is 93.0 cm³/mol. The van der Waals surface area contributed by atoms with Gasteiger partial charge in [-0.3, -0.25) is 0 Å². The number of thiazole rings is 1. The molecule has 1 amide bonds. The summed E-state index contributed by atoms with van der Waals surface area (Å²) in [5, 5.41) is 11.1. The lowest BCUT2D eigenvalue weighted by molar-refractivity contribution is 0.103. The molecule has 3 heterocycles. The molecule has 1 atom stereocenters. The van der Waals surface area contributed by atoms with Gasteiger partial charge in [0, 0.05) is 24.7 Å². The van der Waals surface area contributed by atoms with Crippen molar-refractivity contribution in [3.63, 3.8) is 0 Å². The van der Waals surface area contributed by atoms with Crippen molar-refractivity contribution >= 4 is 17.4 Å². The number of amides is 1. The number of rotatable bonds is 4. The summed E-state index contributed by atoms with van der Waals surface area (Å²) < 4.78 is 7.21. The fourth-order valence-corrected chi connectivity index (χ4v) is 3.42. The first-order chi connectivity index (χ1) is 12.3. The maximum Gasteiger partial charge on any atom is 0.410 e. The topological polar surface area (TPSA) is 73.1 Å². The molecule has 1 aromatic carbocycles. The number of hydrogen-bond donors (Lipinski definition) is 0. The number of aromatic nitrogens is 4. The molecule has 0 radical (unpaired) electrons. The second kappa shape index (κ2) is 7.02. The lowest BCUT2D eigenvalue weighted by Crippen LogP contribution is -2.29. The van der Waals surface area contributed by atoms with Crippen molar-refractivity contribution < 1.29 is 9.53 Å². The molecule has 4 rings (SSSR count). The van der Waals surface area contributed by atoms with Gasteiger partial charge in [-0.05, 0) is 12.0 Å². The molecule has 8 heteroatoms. The van der Waals surface area contributed by atoms with E-state index in [9.17, 15) is 4.79 Å². The van der Waals surface area contributed by atoms with Crippen LogP contribution < -0.4 is 0 Å². The third-order valence-electron chi connectivity index (χ3n) is 4.16. The minimum atomic E-state index is -0.286. The Morgan fingerprint density at radius 2 is 2.20 bits per heavy atom. The number of likely N-dealkylation sites (tertiary alicyclic amines) is 1. The largest absolute Gasteiger partial charge is 0.445 e. The average Bonchev–Trinajstić information content (AvgIpc) is 3.40. The van der Waals surface area contributed by atoms with Gasteiger partial charge in [0.1, 0.15) is 17.3 Å². The van der Waals surface area contributed by atoms with E-state index in [2.05, 4.69) is 15.3 Å². The molecule has 1 aliphatic rings. The van der Waals surface area contributed by atoms with Gasteiger partial charge in [0.15, 0.2) is 0 Å². The Bertz CT molecular complexity index is 834. The molecule has 1 fully saturated rings. The zero-order valence-electron chi connectivity index (χ0n) is 13.5. The van der Waals surface area contributed by atoms with Crippen molar-refractivity contribution in [1.29, 1.82) is 0 Å². The van der Waals surface area contributed by atoms with Gasteiger partial charge in [0.05, 0.1) is 12.2 Å². The first-order valence-electron chi connectivity index (χ1n) is 8.07. The summed E-state index contributed by atoms with van der Waals surface area (Å²) in [5.41, 5.74) is 1.75. The lowest BCUT2D eigenvalue weighted by Gasteiger charge is -2.16. The van der Waals surface area contributed by atoms with Crippen molar-refractivity contribution in [2.75, 3.05) is 13.1 Å². The fourth-order valence-electron chi connectivity index (χ4n) is 2.84. The van der Waals surface area contributed by atoms with Gasteiger partial charge in [-0.1, -0.05) is 35.5 Å². The predicted octanol–water partition coefficient (Wildman–Crippen LogP) is 2.99. The van der Waals surface area contributed by atoms with Crippen molar-refractivity contribution in [2.45, 2.75) is 19.1 Å². The molecule has 0 saturated carbocycles. The summed E-state index contributed by atoms with van der Waals surface area (Å²) >= 11 is 1.53. The van der Waals surface area contributed by atoms with Crippen LogP contribution in [0.2, 0.25) is 0 Å². The van der Waals surface area contributed by atoms with Crippen LogP contribution in [-0.2, 0) is 11.3 Å². The third-order valence-corrected chi connectivity index (χ3v) is 4.96. The van der Waals surface area contributed by atoms with Crippen LogP contribution in [0.5, 0.6) is 0 Å². The van der Waals surface area contributed by atoms with E-state index in [0.717, 1.165) is 22.7 Å². The van der Waals surface area contributed by atoms with Crippen LogP contribution in [0.3, 0.4) is 0 Å². The summed E-state index contributed by atoms with van der Waals surface area (Å²) in [6.45, 7) is 1.53. The minimum Gasteiger partial charge on any atom is -0.445 e. The highest BCUT2D eigenvalue weighted by Crippen LogP contribution is 2.24. The number of ether oxygens (including phenoxy) is 1. The van der Waals surface area contributed by atoms with E-state index in [1.54, 1.807) is 11.1 Å². The Morgan fingerprint density at radius 1 is 1.32 bits per heavy atom. The SMILES string of the molecule is O=C(OCc1ccccc1)N1CC[C@H](n2cc(-c3nccs3)nn2)C1. The van der Waals surface area contributed by atoms with E-state index in [1.165, 1.54) is 11.3 Å². The molecule has 128 valence electrons. The van der Waals surface area contributed by atoms with Crippen LogP contribution in [0.25, 0.3) is 10.7 Å². The number of carbonyl (C=O) groups excluding carboxylic acids is 1. The Balaban J connectivity index is 1.34. The summed E-state index contributed by atoms with van der Waals surface area (Å²) in [4.78, 5) is 18.2. The number of hydrogen-bond acceptors (Lipinski definition) is 6. The highest BCUT2D eigenvalue weighted by molar-refractivity contribution is 7.13. The van der Waals surface area contributed by atoms with E-state index in [4.69, 9.17) is 4.74 Å². The maximum atomic E-state index is 12.2. The van der Waals surface area contributed by atoms with E-state index >= 15 is 0 Å². The second-order valence-corrected chi connectivity index (χ2v) is 6.74. The summed E-state index contributed by atoms with van der Waals surface area (Å²) in [7, 11) is 0. The van der Waals surface area contributed by atoms with Crippen LogP contribution >= 0.6 is 11.3 Å². The van der Waals surface area contributed by atoms with Crippen LogP contribution in [-0.4, -0.2) is 44.1 Å². The Morgan fingerprint density at radius 3 is 3.00 bits per heavy atom. The van der Waals surface area contributed by atoms with Crippen LogP contribution in [0, 0.1) is 0 Å². The maximum absolute atomic E-state index is 12.2. The van der Waals surface area contributed by atoms with Crippen molar-refractivity contribution in [3.05, 3.63) is 53.7 Å². The molecule has 3 aromatic rings. The van der Waals surface area contributed by atoms with E-state index in [0.29, 0.717) is 19.7 Å². The summed E-state index contributed by atoms with van der Waals surface area (Å²) in [6.07, 6.45) is 4.19. The molecule has 0 aliphatic carbocycles. The smallest absolute Gasteiger partial charge is 0.410 e. The van der Waals surface area contributed by atoms with Crippen molar-refractivity contribution in [3.8, 4) is 10.7 Å². The van der Waals surface area contributed by atoms with Crippen LogP contribution in [0.4, 0.5) is 4.79 Å². The van der Waals surface area contributed by atoms with Gasteiger partial charge in [-0.15, -0.1) is 16.4 Å². The second-order valence-electron chi connectivity index (χ2n) is 5.85. The van der Waals surface area contributed by atoms with Crippen molar-refractivity contribution in [2.24, 2.45) is 0 Å². The Hall–Kier alpha value is -2.74. The standard InChI is InChI=1S/C17H17N5O2S/c23-17(24-12-13-4-2-1-3-5-13)21-8-6-14(10-21)22-11-15(19-20-22)16-18-7-9-25-16/h1-5,7,9,11,14H,6,8,10,12H2/t14-/m0/s1. The zero-order valence-corrected chi connectivity index (χ0v) is 14.3. The normalized spacial score (nSPS) is 17.0. The van der Waals surface area contributed by atoms with Gasteiger partial charge >= 0.3 is 6.09 Å². The minimum absolute atomic E-state index is 0.116. The third kappa shape index (κ3) is 3.53. The lowest BCUT2D eigenvalue weighted by atomic mass is 10.2. The first kappa shape index (κ1) is 15.8. The van der Waals surface area contributed by atoms with Gasteiger partial charge in [0.25, 0.3) is 0 Å². The van der Waals surface area contributed by atoms with E-state index < -0.39 is 0 Å². The number of carbonyl (C=O) groups is 1. The molecule has 0 spiro atoms. The number of benzene rings is 1. The van der Waals surface area contributed by atoms with Crippen LogP contribution in [0.15, 0.2) is 48.1 Å². The van der Waals surface area contributed by atoms with Crippen molar-refractivity contribution in [1.82, 2.24) is 24.9 Å². The molecular weight excluding hydrogens is 338 g/mol. The first-order valence-corrected chi connectivity index (χ1v) is 8.95. The van der Waals surface area contributed by atoms with E-state index in [1.807, 2.05) is 46.6 Å². The highest BCUT2D eigenvalue weighted by atomic mass is 32.1. The van der Waals surface area contributed by atoms with Gasteiger partial charge in [0.2, 0.25) is 0 Å². The quantitative estimate of drug-likeness (QED) is 0.719. The highest BCUT2D eigenvalue weighted by Gasteiger charge is 2.29. The molecule has 0 bridgehead atoms. The molecule has 2 aromatic heterocycles. The van der Waals surface area contributed by atoms with Gasteiger partial charge < -0.3 is 9.64 Å². The zero-order chi connectivity index (χ0) is 17.1. The van der Waals surface area contributed by atoms with Crippen LogP contribution in [0.1, 0.15) is 18.0 Å². The molecule has 0 unspecified atom stereocenters. The summed E-state index contributed by atoms with van der Waals surface area (Å²) in [6, 6.07) is 9.80.